The molecular formula is C15H23F3N2O2. The van der Waals surface area contributed by atoms with Gasteiger partial charge in [0.1, 0.15) is 5.76 Å². The Balaban J connectivity index is 4.43. The second-order valence-corrected chi connectivity index (χ2v) is 5.28. The summed E-state index contributed by atoms with van der Waals surface area (Å²) in [6, 6.07) is 0. The minimum atomic E-state index is -4.21. The van der Waals surface area contributed by atoms with Crippen LogP contribution in [0, 0.1) is 5.92 Å². The van der Waals surface area contributed by atoms with E-state index in [2.05, 4.69) is 4.99 Å². The number of hydrogen-bond donors (Lipinski definition) is 1. The first-order valence-corrected chi connectivity index (χ1v) is 6.90. The maximum absolute atomic E-state index is 12.1. The van der Waals surface area contributed by atoms with Crippen molar-refractivity contribution in [2.45, 2.75) is 26.9 Å². The quantitative estimate of drug-likeness (QED) is 0.323. The molecule has 0 bridgehead atoms. The van der Waals surface area contributed by atoms with E-state index in [0.717, 1.165) is 4.90 Å². The second-order valence-electron chi connectivity index (χ2n) is 5.28. The smallest absolute Gasteiger partial charge is 0.401 e. The monoisotopic (exact) mass is 320 g/mol. The Hall–Kier alpha value is -1.63. The van der Waals surface area contributed by atoms with Crippen molar-refractivity contribution in [2.75, 3.05) is 26.7 Å². The third-order valence-electron chi connectivity index (χ3n) is 2.72. The van der Waals surface area contributed by atoms with Crippen molar-refractivity contribution in [3.05, 3.63) is 23.5 Å². The van der Waals surface area contributed by atoms with Crippen molar-refractivity contribution >= 4 is 12.0 Å². The van der Waals surface area contributed by atoms with Gasteiger partial charge in [-0.1, -0.05) is 13.8 Å². The molecule has 0 radical (unpaired) electrons. The molecule has 7 heteroatoms. The number of carbonyl (C=O) groups excluding carboxylic acids is 1. The number of ketones is 1. The molecule has 0 aromatic rings. The van der Waals surface area contributed by atoms with E-state index >= 15 is 0 Å². The molecule has 126 valence electrons. The minimum absolute atomic E-state index is 0.00191. The van der Waals surface area contributed by atoms with Gasteiger partial charge in [0.15, 0.2) is 5.78 Å². The molecule has 0 aliphatic rings. The lowest BCUT2D eigenvalue weighted by Gasteiger charge is -2.16. The first kappa shape index (κ1) is 20.4. The van der Waals surface area contributed by atoms with Crippen molar-refractivity contribution in [1.82, 2.24) is 4.90 Å². The van der Waals surface area contributed by atoms with Gasteiger partial charge in [0, 0.05) is 18.7 Å². The standard InChI is InChI=1S/C15H23F3N2O2/c1-11(2)14(22)13(12(3)21)6-5-7-19-8-9-20(4)10-15(16,17)18/h5-7,11,22H,8-10H2,1-4H3/b6-5-,14-13+,19-7?. The summed E-state index contributed by atoms with van der Waals surface area (Å²) < 4.78 is 36.3. The predicted molar refractivity (Wildman–Crippen MR) is 81.2 cm³/mol. The summed E-state index contributed by atoms with van der Waals surface area (Å²) in [6.45, 7) is 4.29. The highest BCUT2D eigenvalue weighted by Gasteiger charge is 2.28. The molecule has 0 saturated heterocycles. The van der Waals surface area contributed by atoms with Crippen LogP contribution in [0.15, 0.2) is 28.5 Å². The number of aliphatic hydroxyl groups excluding tert-OH is 1. The molecular weight excluding hydrogens is 297 g/mol. The van der Waals surface area contributed by atoms with Crippen LogP contribution in [0.4, 0.5) is 13.2 Å². The fraction of sp³-hybridized carbons (Fsp3) is 0.600. The topological polar surface area (TPSA) is 52.9 Å². The molecule has 22 heavy (non-hydrogen) atoms. The average Bonchev–Trinajstić information content (AvgIpc) is 2.34. The zero-order chi connectivity index (χ0) is 17.3. The summed E-state index contributed by atoms with van der Waals surface area (Å²) in [6.07, 6.45) is 0.117. The molecule has 4 nitrogen and oxygen atoms in total. The Morgan fingerprint density at radius 3 is 2.41 bits per heavy atom. The number of hydrogen-bond acceptors (Lipinski definition) is 4. The zero-order valence-corrected chi connectivity index (χ0v) is 13.3. The summed E-state index contributed by atoms with van der Waals surface area (Å²) in [7, 11) is 1.37. The van der Waals surface area contributed by atoms with Gasteiger partial charge in [-0.15, -0.1) is 0 Å². The molecule has 0 spiro atoms. The van der Waals surface area contributed by atoms with Crippen LogP contribution in [-0.4, -0.2) is 54.9 Å². The second kappa shape index (κ2) is 9.40. The van der Waals surface area contributed by atoms with Gasteiger partial charge < -0.3 is 5.11 Å². The number of likely N-dealkylation sites (N-methyl/N-ethyl adjacent to an activating group) is 1. The Morgan fingerprint density at radius 2 is 1.95 bits per heavy atom. The third-order valence-corrected chi connectivity index (χ3v) is 2.72. The van der Waals surface area contributed by atoms with Gasteiger partial charge in [0.2, 0.25) is 0 Å². The molecule has 0 heterocycles. The number of allylic oxidation sites excluding steroid dienone is 4. The molecule has 0 aliphatic heterocycles. The minimum Gasteiger partial charge on any atom is -0.511 e. The first-order chi connectivity index (χ1) is 10.0. The Kier molecular flexibility index (Phi) is 8.70. The number of aliphatic hydroxyl groups is 1. The molecule has 0 atom stereocenters. The van der Waals surface area contributed by atoms with Gasteiger partial charge in [-0.3, -0.25) is 14.7 Å². The van der Waals surface area contributed by atoms with Crippen molar-refractivity contribution in [1.29, 1.82) is 0 Å². The van der Waals surface area contributed by atoms with Crippen LogP contribution in [0.2, 0.25) is 0 Å². The van der Waals surface area contributed by atoms with Crippen LogP contribution < -0.4 is 0 Å². The van der Waals surface area contributed by atoms with Crippen LogP contribution in [0.5, 0.6) is 0 Å². The van der Waals surface area contributed by atoms with Crippen molar-refractivity contribution in [3.63, 3.8) is 0 Å². The molecule has 0 aromatic carbocycles. The summed E-state index contributed by atoms with van der Waals surface area (Å²) >= 11 is 0. The van der Waals surface area contributed by atoms with Gasteiger partial charge in [-0.05, 0) is 26.1 Å². The summed E-state index contributed by atoms with van der Waals surface area (Å²) in [4.78, 5) is 16.5. The van der Waals surface area contributed by atoms with E-state index in [4.69, 9.17) is 0 Å². The largest absolute Gasteiger partial charge is 0.511 e. The number of Topliss-reactive ketones (excluding diaryl/α,β-unsaturated/α-hetero) is 1. The Labute approximate surface area is 129 Å². The number of aliphatic imine (C=N–C) groups is 1. The number of carbonyl (C=O) groups is 1. The summed E-state index contributed by atoms with van der Waals surface area (Å²) in [5, 5.41) is 9.79. The summed E-state index contributed by atoms with van der Waals surface area (Å²) in [5.74, 6) is -0.431. The van der Waals surface area contributed by atoms with E-state index in [1.54, 1.807) is 13.8 Å². The van der Waals surface area contributed by atoms with Crippen LogP contribution in [0.1, 0.15) is 20.8 Å². The van der Waals surface area contributed by atoms with Crippen LogP contribution in [-0.2, 0) is 4.79 Å². The van der Waals surface area contributed by atoms with E-state index in [1.807, 2.05) is 0 Å². The molecule has 0 aliphatic carbocycles. The average molecular weight is 320 g/mol. The van der Waals surface area contributed by atoms with E-state index in [0.29, 0.717) is 0 Å². The van der Waals surface area contributed by atoms with Crippen molar-refractivity contribution < 1.29 is 23.1 Å². The summed E-state index contributed by atoms with van der Waals surface area (Å²) in [5.41, 5.74) is 0.204. The Bertz CT molecular complexity index is 452. The maximum Gasteiger partial charge on any atom is 0.401 e. The highest BCUT2D eigenvalue weighted by Crippen LogP contribution is 2.15. The van der Waals surface area contributed by atoms with Gasteiger partial charge in [-0.2, -0.15) is 13.2 Å². The maximum atomic E-state index is 12.1. The van der Waals surface area contributed by atoms with E-state index < -0.39 is 12.7 Å². The molecule has 0 aromatic heterocycles. The zero-order valence-electron chi connectivity index (χ0n) is 13.3. The lowest BCUT2D eigenvalue weighted by molar-refractivity contribution is -0.142. The number of halogens is 3. The fourth-order valence-electron chi connectivity index (χ4n) is 1.58. The van der Waals surface area contributed by atoms with Gasteiger partial charge in [-0.25, -0.2) is 0 Å². The molecule has 0 amide bonds. The molecule has 1 N–H and O–H groups in total. The highest BCUT2D eigenvalue weighted by molar-refractivity contribution is 5.97. The van der Waals surface area contributed by atoms with Gasteiger partial charge in [0.05, 0.1) is 18.7 Å². The van der Waals surface area contributed by atoms with E-state index in [9.17, 15) is 23.1 Å². The van der Waals surface area contributed by atoms with Crippen molar-refractivity contribution in [2.24, 2.45) is 10.9 Å². The normalized spacial score (nSPS) is 14.4. The molecule has 0 rings (SSSR count). The molecule has 0 fully saturated rings. The van der Waals surface area contributed by atoms with Crippen LogP contribution in [0.25, 0.3) is 0 Å². The molecule has 0 unspecified atom stereocenters. The SMILES string of the molecule is CC(=O)C(/C=C\C=NCCN(C)CC(F)(F)F)=C(/O)C(C)C. The lowest BCUT2D eigenvalue weighted by atomic mass is 10.0. The first-order valence-electron chi connectivity index (χ1n) is 6.90. The van der Waals surface area contributed by atoms with Gasteiger partial charge in [0.25, 0.3) is 0 Å². The van der Waals surface area contributed by atoms with E-state index in [-0.39, 0.29) is 36.1 Å². The highest BCUT2D eigenvalue weighted by atomic mass is 19.4. The third kappa shape index (κ3) is 9.33. The van der Waals surface area contributed by atoms with Crippen molar-refractivity contribution in [3.8, 4) is 0 Å². The number of rotatable bonds is 8. The van der Waals surface area contributed by atoms with E-state index in [1.165, 1.54) is 32.3 Å². The fourth-order valence-corrected chi connectivity index (χ4v) is 1.58. The van der Waals surface area contributed by atoms with Crippen LogP contribution >= 0.6 is 0 Å². The molecule has 0 saturated carbocycles. The number of alkyl halides is 3. The van der Waals surface area contributed by atoms with Gasteiger partial charge >= 0.3 is 6.18 Å². The lowest BCUT2D eigenvalue weighted by Crippen LogP contribution is -2.32. The number of nitrogens with zero attached hydrogens (tertiary/aromatic N) is 2. The van der Waals surface area contributed by atoms with Crippen LogP contribution in [0.3, 0.4) is 0 Å². The predicted octanol–water partition coefficient (Wildman–Crippen LogP) is 3.16. The Morgan fingerprint density at radius 1 is 1.36 bits per heavy atom.